The molecule has 0 aliphatic rings. The van der Waals surface area contributed by atoms with Crippen LogP contribution in [0.5, 0.6) is 0 Å². The Labute approximate surface area is 123 Å². The summed E-state index contributed by atoms with van der Waals surface area (Å²) in [6, 6.07) is 15.3. The van der Waals surface area contributed by atoms with E-state index in [0.29, 0.717) is 0 Å². The van der Waals surface area contributed by atoms with E-state index in [1.165, 1.54) is 20.7 Å². The maximum atomic E-state index is 4.46. The lowest BCUT2D eigenvalue weighted by Crippen LogP contribution is -2.21. The van der Waals surface area contributed by atoms with Crippen molar-refractivity contribution in [2.45, 2.75) is 19.9 Å². The Morgan fingerprint density at radius 3 is 2.85 bits per heavy atom. The van der Waals surface area contributed by atoms with Crippen LogP contribution in [-0.4, -0.2) is 11.5 Å². The van der Waals surface area contributed by atoms with Crippen molar-refractivity contribution in [1.29, 1.82) is 0 Å². The van der Waals surface area contributed by atoms with Crippen LogP contribution in [0.2, 0.25) is 0 Å². The van der Waals surface area contributed by atoms with E-state index in [1.807, 2.05) is 23.6 Å². The van der Waals surface area contributed by atoms with Gasteiger partial charge in [-0.15, -0.1) is 11.3 Å². The highest BCUT2D eigenvalue weighted by molar-refractivity contribution is 7.12. The minimum atomic E-state index is 0.255. The molecule has 0 aliphatic heterocycles. The van der Waals surface area contributed by atoms with Gasteiger partial charge in [0.15, 0.2) is 0 Å². The molecule has 0 spiro atoms. The minimum Gasteiger partial charge on any atom is -0.306 e. The highest BCUT2D eigenvalue weighted by atomic mass is 32.1. The van der Waals surface area contributed by atoms with E-state index in [1.54, 1.807) is 0 Å². The lowest BCUT2D eigenvalue weighted by atomic mass is 10.0. The average molecular weight is 282 g/mol. The van der Waals surface area contributed by atoms with Crippen LogP contribution in [0, 0.1) is 6.92 Å². The number of hydrogen-bond acceptors (Lipinski definition) is 3. The number of fused-ring (bicyclic) bond motifs is 1. The zero-order chi connectivity index (χ0) is 13.9. The number of thiophene rings is 1. The third kappa shape index (κ3) is 2.60. The first-order chi connectivity index (χ1) is 9.78. The fourth-order valence-corrected chi connectivity index (χ4v) is 3.44. The molecule has 3 rings (SSSR count). The Balaban J connectivity index is 2.04. The minimum absolute atomic E-state index is 0.255. The molecular weight excluding hydrogens is 264 g/mol. The van der Waals surface area contributed by atoms with Crippen LogP contribution in [0.15, 0.2) is 48.7 Å². The van der Waals surface area contributed by atoms with Gasteiger partial charge in [-0.2, -0.15) is 0 Å². The molecule has 1 N–H and O–H groups in total. The molecule has 0 saturated carbocycles. The maximum absolute atomic E-state index is 4.46. The molecule has 1 atom stereocenters. The highest BCUT2D eigenvalue weighted by Gasteiger charge is 2.15. The van der Waals surface area contributed by atoms with Gasteiger partial charge in [-0.1, -0.05) is 25.1 Å². The van der Waals surface area contributed by atoms with Gasteiger partial charge >= 0.3 is 0 Å². The van der Waals surface area contributed by atoms with Crippen molar-refractivity contribution >= 4 is 22.2 Å². The van der Waals surface area contributed by atoms with Gasteiger partial charge in [-0.25, -0.2) is 0 Å². The molecule has 3 aromatic rings. The van der Waals surface area contributed by atoms with E-state index in [-0.39, 0.29) is 6.04 Å². The number of aryl methyl sites for hydroxylation is 1. The van der Waals surface area contributed by atoms with Gasteiger partial charge in [0.1, 0.15) is 0 Å². The van der Waals surface area contributed by atoms with Gasteiger partial charge in [-0.05, 0) is 43.3 Å². The summed E-state index contributed by atoms with van der Waals surface area (Å²) in [6.45, 7) is 5.24. The summed E-state index contributed by atoms with van der Waals surface area (Å²) in [5.41, 5.74) is 2.33. The third-order valence-electron chi connectivity index (χ3n) is 3.42. The van der Waals surface area contributed by atoms with Crippen molar-refractivity contribution in [2.75, 3.05) is 6.54 Å². The second-order valence-electron chi connectivity index (χ2n) is 4.89. The first-order valence-electron chi connectivity index (χ1n) is 6.92. The van der Waals surface area contributed by atoms with Crippen molar-refractivity contribution in [3.8, 4) is 0 Å². The molecule has 0 bridgehead atoms. The van der Waals surface area contributed by atoms with Gasteiger partial charge in [0, 0.05) is 21.3 Å². The monoisotopic (exact) mass is 282 g/mol. The summed E-state index contributed by atoms with van der Waals surface area (Å²) < 4.78 is 0. The van der Waals surface area contributed by atoms with Gasteiger partial charge in [0.05, 0.1) is 11.6 Å². The van der Waals surface area contributed by atoms with Gasteiger partial charge in [-0.3, -0.25) is 4.98 Å². The predicted molar refractivity (Wildman–Crippen MR) is 86.3 cm³/mol. The predicted octanol–water partition coefficient (Wildman–Crippen LogP) is 4.30. The first kappa shape index (κ1) is 13.3. The molecule has 0 radical (unpaired) electrons. The lowest BCUT2D eigenvalue weighted by Gasteiger charge is -2.17. The summed E-state index contributed by atoms with van der Waals surface area (Å²) in [6.07, 6.45) is 1.85. The van der Waals surface area contributed by atoms with Gasteiger partial charge < -0.3 is 5.32 Å². The van der Waals surface area contributed by atoms with Crippen molar-refractivity contribution in [3.05, 3.63) is 64.0 Å². The number of hydrogen-bond donors (Lipinski definition) is 1. The van der Waals surface area contributed by atoms with E-state index in [9.17, 15) is 0 Å². The van der Waals surface area contributed by atoms with Crippen molar-refractivity contribution in [2.24, 2.45) is 0 Å². The summed E-state index contributed by atoms with van der Waals surface area (Å²) in [5.74, 6) is 0. The van der Waals surface area contributed by atoms with Crippen molar-refractivity contribution in [3.63, 3.8) is 0 Å². The Morgan fingerprint density at radius 1 is 1.20 bits per heavy atom. The van der Waals surface area contributed by atoms with E-state index >= 15 is 0 Å². The van der Waals surface area contributed by atoms with E-state index < -0.39 is 0 Å². The van der Waals surface area contributed by atoms with Crippen LogP contribution in [0.4, 0.5) is 0 Å². The van der Waals surface area contributed by atoms with E-state index in [2.05, 4.69) is 60.5 Å². The highest BCUT2D eigenvalue weighted by Crippen LogP contribution is 2.29. The molecule has 2 aromatic heterocycles. The molecule has 20 heavy (non-hydrogen) atoms. The fraction of sp³-hybridized carbons (Fsp3) is 0.235. The quantitative estimate of drug-likeness (QED) is 0.771. The fourth-order valence-electron chi connectivity index (χ4n) is 2.46. The van der Waals surface area contributed by atoms with Crippen molar-refractivity contribution in [1.82, 2.24) is 10.3 Å². The molecule has 2 heterocycles. The summed E-state index contributed by atoms with van der Waals surface area (Å²) >= 11 is 1.85. The Kier molecular flexibility index (Phi) is 3.81. The molecule has 0 saturated heterocycles. The number of nitrogens with zero attached hydrogens (tertiary/aromatic N) is 1. The smallest absolute Gasteiger partial charge is 0.0705 e. The van der Waals surface area contributed by atoms with Crippen LogP contribution >= 0.6 is 11.3 Å². The van der Waals surface area contributed by atoms with E-state index in [0.717, 1.165) is 12.1 Å². The zero-order valence-electron chi connectivity index (χ0n) is 11.8. The maximum Gasteiger partial charge on any atom is 0.0705 e. The first-order valence-corrected chi connectivity index (χ1v) is 7.74. The van der Waals surface area contributed by atoms with Crippen molar-refractivity contribution < 1.29 is 0 Å². The molecule has 2 nitrogen and oxygen atoms in total. The second-order valence-corrected chi connectivity index (χ2v) is 6.21. The Bertz CT molecular complexity index is 718. The molecule has 102 valence electrons. The van der Waals surface area contributed by atoms with E-state index in [4.69, 9.17) is 0 Å². The Morgan fingerprint density at radius 2 is 2.10 bits per heavy atom. The van der Waals surface area contributed by atoms with Crippen LogP contribution in [0.3, 0.4) is 0 Å². The van der Waals surface area contributed by atoms with Gasteiger partial charge in [0.2, 0.25) is 0 Å². The molecule has 0 aliphatic carbocycles. The molecule has 0 amide bonds. The second kappa shape index (κ2) is 5.73. The SMILES string of the molecule is CCNC(c1ccc2cccnc2c1)c1ccc(C)s1. The standard InChI is InChI=1S/C17H18N2S/c1-3-18-17(16-9-6-12(2)20-16)14-8-7-13-5-4-10-19-15(13)11-14/h4-11,17-18H,3H2,1-2H3. The number of benzene rings is 1. The summed E-state index contributed by atoms with van der Waals surface area (Å²) in [5, 5.41) is 4.76. The van der Waals surface area contributed by atoms with Crippen LogP contribution < -0.4 is 5.32 Å². The Hall–Kier alpha value is -1.71. The molecule has 0 fully saturated rings. The normalized spacial score (nSPS) is 12.7. The summed E-state index contributed by atoms with van der Waals surface area (Å²) in [7, 11) is 0. The number of nitrogens with one attached hydrogen (secondary N) is 1. The number of aromatic nitrogens is 1. The van der Waals surface area contributed by atoms with Crippen LogP contribution in [0.1, 0.15) is 28.3 Å². The number of rotatable bonds is 4. The molecule has 3 heteroatoms. The third-order valence-corrected chi connectivity index (χ3v) is 4.48. The molecule has 1 aromatic carbocycles. The largest absolute Gasteiger partial charge is 0.306 e. The van der Waals surface area contributed by atoms with Crippen LogP contribution in [0.25, 0.3) is 10.9 Å². The zero-order valence-corrected chi connectivity index (χ0v) is 12.6. The molecular formula is C17H18N2S. The molecule has 1 unspecified atom stereocenters. The average Bonchev–Trinajstić information content (AvgIpc) is 2.90. The van der Waals surface area contributed by atoms with Crippen LogP contribution in [-0.2, 0) is 0 Å². The lowest BCUT2D eigenvalue weighted by molar-refractivity contribution is 0.640. The number of pyridine rings is 1. The topological polar surface area (TPSA) is 24.9 Å². The van der Waals surface area contributed by atoms with Gasteiger partial charge in [0.25, 0.3) is 0 Å². The summed E-state index contributed by atoms with van der Waals surface area (Å²) in [4.78, 5) is 7.17.